The van der Waals surface area contributed by atoms with Crippen LogP contribution in [-0.2, 0) is 14.8 Å². The van der Waals surface area contributed by atoms with Crippen molar-refractivity contribution in [3.63, 3.8) is 0 Å². The first kappa shape index (κ1) is 14.3. The molecular formula is C12H15ClN2O3S. The third-order valence-electron chi connectivity index (χ3n) is 3.29. The third-order valence-corrected chi connectivity index (χ3v) is 5.42. The number of nitrogens with zero attached hydrogens (tertiary/aromatic N) is 1. The fourth-order valence-electron chi connectivity index (χ4n) is 2.16. The molecule has 7 heteroatoms. The lowest BCUT2D eigenvalue weighted by Gasteiger charge is -2.29. The minimum atomic E-state index is -3.54. The Hall–Kier alpha value is -1.11. The highest BCUT2D eigenvalue weighted by atomic mass is 35.5. The molecule has 0 unspecified atom stereocenters. The van der Waals surface area contributed by atoms with Gasteiger partial charge in [0.25, 0.3) is 0 Å². The Bertz CT molecular complexity index is 580. The standard InChI is InChI=1S/C12H15ClN2O3S/c13-10-2-1-3-11(8-10)19(17,18)15-6-4-9(5-7-15)12(14)16/h1-3,8-9H,4-7H2,(H2,14,16). The highest BCUT2D eigenvalue weighted by Crippen LogP contribution is 2.24. The average Bonchev–Trinajstić information content (AvgIpc) is 2.39. The first-order valence-electron chi connectivity index (χ1n) is 5.96. The van der Waals surface area contributed by atoms with Gasteiger partial charge in [0.15, 0.2) is 0 Å². The Morgan fingerprint density at radius 1 is 1.32 bits per heavy atom. The number of hydrogen-bond donors (Lipinski definition) is 1. The van der Waals surface area contributed by atoms with Crippen molar-refractivity contribution in [3.05, 3.63) is 29.3 Å². The zero-order valence-corrected chi connectivity index (χ0v) is 11.8. The molecule has 104 valence electrons. The third kappa shape index (κ3) is 3.08. The van der Waals surface area contributed by atoms with E-state index in [0.717, 1.165) is 0 Å². The van der Waals surface area contributed by atoms with Gasteiger partial charge >= 0.3 is 0 Å². The monoisotopic (exact) mass is 302 g/mol. The number of nitrogens with two attached hydrogens (primary N) is 1. The summed E-state index contributed by atoms with van der Waals surface area (Å²) >= 11 is 5.81. The molecule has 2 N–H and O–H groups in total. The largest absolute Gasteiger partial charge is 0.369 e. The lowest BCUT2D eigenvalue weighted by Crippen LogP contribution is -2.41. The summed E-state index contributed by atoms with van der Waals surface area (Å²) in [4.78, 5) is 11.2. The first-order valence-corrected chi connectivity index (χ1v) is 7.78. The fourth-order valence-corrected chi connectivity index (χ4v) is 3.93. The zero-order valence-electron chi connectivity index (χ0n) is 10.3. The van der Waals surface area contributed by atoms with Crippen LogP contribution in [0, 0.1) is 5.92 Å². The van der Waals surface area contributed by atoms with Crippen molar-refractivity contribution in [2.45, 2.75) is 17.7 Å². The number of primary amides is 1. The lowest BCUT2D eigenvalue weighted by molar-refractivity contribution is -0.122. The summed E-state index contributed by atoms with van der Waals surface area (Å²) in [5, 5.41) is 0.382. The number of halogens is 1. The van der Waals surface area contributed by atoms with Crippen LogP contribution >= 0.6 is 11.6 Å². The molecule has 1 aliphatic heterocycles. The first-order chi connectivity index (χ1) is 8.91. The summed E-state index contributed by atoms with van der Waals surface area (Å²) in [5.74, 6) is -0.592. The summed E-state index contributed by atoms with van der Waals surface area (Å²) in [6.07, 6.45) is 0.935. The molecule has 1 aromatic carbocycles. The van der Waals surface area contributed by atoms with E-state index in [2.05, 4.69) is 0 Å². The predicted molar refractivity (Wildman–Crippen MR) is 72.1 cm³/mol. The van der Waals surface area contributed by atoms with E-state index in [1.54, 1.807) is 12.1 Å². The van der Waals surface area contributed by atoms with Gasteiger partial charge in [-0.05, 0) is 31.0 Å². The van der Waals surface area contributed by atoms with E-state index in [9.17, 15) is 13.2 Å². The van der Waals surface area contributed by atoms with Crippen molar-refractivity contribution in [2.24, 2.45) is 11.7 Å². The lowest BCUT2D eigenvalue weighted by atomic mass is 9.98. The van der Waals surface area contributed by atoms with Crippen molar-refractivity contribution in [2.75, 3.05) is 13.1 Å². The molecule has 0 atom stereocenters. The average molecular weight is 303 g/mol. The maximum Gasteiger partial charge on any atom is 0.243 e. The Morgan fingerprint density at radius 3 is 2.47 bits per heavy atom. The number of sulfonamides is 1. The molecule has 0 radical (unpaired) electrons. The molecule has 0 spiro atoms. The van der Waals surface area contributed by atoms with Gasteiger partial charge in [-0.2, -0.15) is 4.31 Å². The van der Waals surface area contributed by atoms with Crippen molar-refractivity contribution in [3.8, 4) is 0 Å². The second-order valence-corrected chi connectivity index (χ2v) is 6.91. The highest BCUT2D eigenvalue weighted by Gasteiger charge is 2.31. The number of piperidine rings is 1. The van der Waals surface area contributed by atoms with Crippen molar-refractivity contribution in [1.82, 2.24) is 4.31 Å². The summed E-state index contributed by atoms with van der Waals surface area (Å²) in [7, 11) is -3.54. The smallest absolute Gasteiger partial charge is 0.243 e. The quantitative estimate of drug-likeness (QED) is 0.912. The van der Waals surface area contributed by atoms with Gasteiger partial charge in [0, 0.05) is 24.0 Å². The van der Waals surface area contributed by atoms with Gasteiger partial charge in [-0.15, -0.1) is 0 Å². The van der Waals surface area contributed by atoms with E-state index in [-0.39, 0.29) is 16.7 Å². The predicted octanol–water partition coefficient (Wildman–Crippen LogP) is 1.23. The van der Waals surface area contributed by atoms with Gasteiger partial charge in [-0.25, -0.2) is 8.42 Å². The maximum atomic E-state index is 12.4. The number of carbonyl (C=O) groups is 1. The van der Waals surface area contributed by atoms with Crippen LogP contribution in [-0.4, -0.2) is 31.7 Å². The Balaban J connectivity index is 2.16. The number of benzene rings is 1. The van der Waals surface area contributed by atoms with Gasteiger partial charge in [0.2, 0.25) is 15.9 Å². The summed E-state index contributed by atoms with van der Waals surface area (Å²) in [6, 6.07) is 6.17. The van der Waals surface area contributed by atoms with Crippen LogP contribution in [0.5, 0.6) is 0 Å². The van der Waals surface area contributed by atoms with Crippen LogP contribution in [0.25, 0.3) is 0 Å². The second-order valence-electron chi connectivity index (χ2n) is 4.54. The van der Waals surface area contributed by atoms with Gasteiger partial charge in [-0.3, -0.25) is 4.79 Å². The summed E-state index contributed by atoms with van der Waals surface area (Å²) in [6.45, 7) is 0.616. The number of carbonyl (C=O) groups excluding carboxylic acids is 1. The van der Waals surface area contributed by atoms with Crippen LogP contribution < -0.4 is 5.73 Å². The van der Waals surface area contributed by atoms with Crippen LogP contribution in [0.2, 0.25) is 5.02 Å². The molecule has 0 bridgehead atoms. The van der Waals surface area contributed by atoms with Crippen molar-refractivity contribution in [1.29, 1.82) is 0 Å². The van der Waals surface area contributed by atoms with Gasteiger partial charge in [0.1, 0.15) is 0 Å². The Kier molecular flexibility index (Phi) is 4.13. The molecule has 0 aromatic heterocycles. The van der Waals surface area contributed by atoms with Gasteiger partial charge in [0.05, 0.1) is 4.90 Å². The molecule has 1 aliphatic rings. The maximum absolute atomic E-state index is 12.4. The molecule has 1 heterocycles. The molecular weight excluding hydrogens is 288 g/mol. The van der Waals surface area contributed by atoms with Crippen molar-refractivity contribution < 1.29 is 13.2 Å². The van der Waals surface area contributed by atoms with E-state index in [1.807, 2.05) is 0 Å². The Labute approximate surface area is 117 Å². The molecule has 1 fully saturated rings. The summed E-state index contributed by atoms with van der Waals surface area (Å²) < 4.78 is 26.1. The number of hydrogen-bond acceptors (Lipinski definition) is 3. The Morgan fingerprint density at radius 2 is 1.95 bits per heavy atom. The van der Waals surface area contributed by atoms with E-state index < -0.39 is 10.0 Å². The molecule has 1 saturated heterocycles. The van der Waals surface area contributed by atoms with Crippen molar-refractivity contribution >= 4 is 27.5 Å². The van der Waals surface area contributed by atoms with Crippen LogP contribution in [0.3, 0.4) is 0 Å². The molecule has 19 heavy (non-hydrogen) atoms. The normalized spacial score (nSPS) is 18.4. The van der Waals surface area contributed by atoms with E-state index in [0.29, 0.717) is 31.0 Å². The van der Waals surface area contributed by atoms with E-state index in [4.69, 9.17) is 17.3 Å². The van der Waals surface area contributed by atoms with Crippen LogP contribution in [0.4, 0.5) is 0 Å². The summed E-state index contributed by atoms with van der Waals surface area (Å²) in [5.41, 5.74) is 5.23. The minimum Gasteiger partial charge on any atom is -0.369 e. The molecule has 0 saturated carbocycles. The zero-order chi connectivity index (χ0) is 14.0. The van der Waals surface area contributed by atoms with Gasteiger partial charge in [-0.1, -0.05) is 17.7 Å². The van der Waals surface area contributed by atoms with Crippen LogP contribution in [0.1, 0.15) is 12.8 Å². The molecule has 1 aromatic rings. The highest BCUT2D eigenvalue weighted by molar-refractivity contribution is 7.89. The molecule has 0 aliphatic carbocycles. The minimum absolute atomic E-state index is 0.178. The SMILES string of the molecule is NC(=O)C1CCN(S(=O)(=O)c2cccc(Cl)c2)CC1. The number of amides is 1. The van der Waals surface area contributed by atoms with Crippen LogP contribution in [0.15, 0.2) is 29.2 Å². The topological polar surface area (TPSA) is 80.5 Å². The molecule has 1 amide bonds. The molecule has 5 nitrogen and oxygen atoms in total. The molecule has 2 rings (SSSR count). The number of rotatable bonds is 3. The fraction of sp³-hybridized carbons (Fsp3) is 0.417. The van der Waals surface area contributed by atoms with E-state index in [1.165, 1.54) is 16.4 Å². The van der Waals surface area contributed by atoms with E-state index >= 15 is 0 Å². The van der Waals surface area contributed by atoms with Gasteiger partial charge < -0.3 is 5.73 Å². The second kappa shape index (κ2) is 5.48.